The summed E-state index contributed by atoms with van der Waals surface area (Å²) in [6.45, 7) is 12.4. The number of hydrogen-bond acceptors (Lipinski definition) is 4. The second-order valence-electron chi connectivity index (χ2n) is 13.7. The number of ether oxygens (including phenoxy) is 2. The van der Waals surface area contributed by atoms with Crippen LogP contribution in [0, 0.1) is 46.3 Å². The molecular weight excluding hydrogens is 448 g/mol. The fraction of sp³-hybridized carbons (Fsp3) is 0.875. The van der Waals surface area contributed by atoms with Gasteiger partial charge in [-0.05, 0) is 91.3 Å². The van der Waals surface area contributed by atoms with Crippen LogP contribution in [0.15, 0.2) is 11.6 Å². The van der Waals surface area contributed by atoms with E-state index in [0.717, 1.165) is 54.8 Å². The van der Waals surface area contributed by atoms with Crippen LogP contribution in [0.2, 0.25) is 0 Å². The van der Waals surface area contributed by atoms with Crippen LogP contribution < -0.4 is 0 Å². The molecule has 3 saturated carbocycles. The average molecular weight is 501 g/mol. The van der Waals surface area contributed by atoms with Crippen LogP contribution in [-0.4, -0.2) is 25.2 Å². The van der Waals surface area contributed by atoms with E-state index in [1.54, 1.807) is 5.57 Å². The molecule has 0 aliphatic heterocycles. The highest BCUT2D eigenvalue weighted by Gasteiger charge is 2.59. The van der Waals surface area contributed by atoms with Gasteiger partial charge in [-0.3, -0.25) is 9.59 Å². The lowest BCUT2D eigenvalue weighted by Crippen LogP contribution is -2.51. The smallest absolute Gasteiger partial charge is 0.306 e. The molecule has 0 radical (unpaired) electrons. The molecular formula is C32H52O4. The highest BCUT2D eigenvalue weighted by molar-refractivity contribution is 5.77. The fourth-order valence-electron chi connectivity index (χ4n) is 9.30. The molecule has 4 aliphatic carbocycles. The van der Waals surface area contributed by atoms with Crippen LogP contribution in [0.4, 0.5) is 0 Å². The topological polar surface area (TPSA) is 52.6 Å². The molecule has 4 heteroatoms. The van der Waals surface area contributed by atoms with Crippen molar-refractivity contribution in [2.75, 3.05) is 7.11 Å². The average Bonchev–Trinajstić information content (AvgIpc) is 3.19. The molecule has 3 fully saturated rings. The van der Waals surface area contributed by atoms with E-state index >= 15 is 0 Å². The van der Waals surface area contributed by atoms with Gasteiger partial charge in [0.25, 0.3) is 0 Å². The van der Waals surface area contributed by atoms with Gasteiger partial charge in [0.1, 0.15) is 6.10 Å². The molecule has 204 valence electrons. The second-order valence-corrected chi connectivity index (χ2v) is 13.7. The van der Waals surface area contributed by atoms with Gasteiger partial charge in [-0.15, -0.1) is 0 Å². The van der Waals surface area contributed by atoms with E-state index in [0.29, 0.717) is 5.41 Å². The molecule has 0 aromatic rings. The van der Waals surface area contributed by atoms with Gasteiger partial charge >= 0.3 is 11.9 Å². The number of fused-ring (bicyclic) bond motifs is 5. The zero-order chi connectivity index (χ0) is 26.1. The lowest BCUT2D eigenvalue weighted by Gasteiger charge is -2.58. The van der Waals surface area contributed by atoms with Crippen LogP contribution in [0.5, 0.6) is 0 Å². The Bertz CT molecular complexity index is 830. The SMILES string of the molecule is COC(=O)CCC(=O)OC1CC[C@@]2(C)C(=CCC3C2CC[C@@]2(C)C3CC[C@@H]2[C@H](C)CCCC(C)C)C1. The summed E-state index contributed by atoms with van der Waals surface area (Å²) in [6, 6.07) is 0. The van der Waals surface area contributed by atoms with Crippen molar-refractivity contribution in [1.29, 1.82) is 0 Å². The summed E-state index contributed by atoms with van der Waals surface area (Å²) in [5.41, 5.74) is 2.33. The maximum absolute atomic E-state index is 12.3. The number of esters is 2. The van der Waals surface area contributed by atoms with Gasteiger partial charge < -0.3 is 9.47 Å². The number of carbonyl (C=O) groups excluding carboxylic acids is 2. The molecule has 4 nitrogen and oxygen atoms in total. The molecule has 0 aromatic carbocycles. The molecule has 0 N–H and O–H groups in total. The normalized spacial score (nSPS) is 38.4. The van der Waals surface area contributed by atoms with E-state index in [2.05, 4.69) is 45.4 Å². The number of carbonyl (C=O) groups is 2. The summed E-state index contributed by atoms with van der Waals surface area (Å²) in [6.07, 6.45) is 16.7. The van der Waals surface area contributed by atoms with Gasteiger partial charge in [0, 0.05) is 6.42 Å². The monoisotopic (exact) mass is 500 g/mol. The Morgan fingerprint density at radius 2 is 1.72 bits per heavy atom. The van der Waals surface area contributed by atoms with Gasteiger partial charge in [-0.2, -0.15) is 0 Å². The van der Waals surface area contributed by atoms with Crippen LogP contribution >= 0.6 is 0 Å². The van der Waals surface area contributed by atoms with Crippen molar-refractivity contribution < 1.29 is 19.1 Å². The Labute approximate surface area is 220 Å². The van der Waals surface area contributed by atoms with Gasteiger partial charge in [0.2, 0.25) is 0 Å². The Hall–Kier alpha value is -1.32. The summed E-state index contributed by atoms with van der Waals surface area (Å²) in [5.74, 6) is 4.42. The van der Waals surface area contributed by atoms with Gasteiger partial charge in [-0.1, -0.05) is 65.5 Å². The summed E-state index contributed by atoms with van der Waals surface area (Å²) in [4.78, 5) is 23.7. The first-order valence-electron chi connectivity index (χ1n) is 15.0. The van der Waals surface area contributed by atoms with Crippen molar-refractivity contribution >= 4 is 11.9 Å². The van der Waals surface area contributed by atoms with Crippen LogP contribution in [0.3, 0.4) is 0 Å². The maximum Gasteiger partial charge on any atom is 0.306 e. The summed E-state index contributed by atoms with van der Waals surface area (Å²) >= 11 is 0. The molecule has 0 spiro atoms. The molecule has 4 rings (SSSR count). The van der Waals surface area contributed by atoms with E-state index in [1.165, 1.54) is 58.5 Å². The number of rotatable bonds is 9. The van der Waals surface area contributed by atoms with Crippen LogP contribution in [0.25, 0.3) is 0 Å². The van der Waals surface area contributed by atoms with E-state index in [9.17, 15) is 9.59 Å². The Morgan fingerprint density at radius 3 is 2.44 bits per heavy atom. The molecule has 4 unspecified atom stereocenters. The van der Waals surface area contributed by atoms with Crippen molar-refractivity contribution in [3.05, 3.63) is 11.6 Å². The first-order chi connectivity index (χ1) is 17.1. The second kappa shape index (κ2) is 11.2. The number of allylic oxidation sites excluding steroid dienone is 1. The van der Waals surface area contributed by atoms with Gasteiger partial charge in [0.05, 0.1) is 20.0 Å². The maximum atomic E-state index is 12.3. The van der Waals surface area contributed by atoms with Crippen molar-refractivity contribution in [2.24, 2.45) is 46.3 Å². The molecule has 0 bridgehead atoms. The third-order valence-corrected chi connectivity index (χ3v) is 11.3. The van der Waals surface area contributed by atoms with Crippen molar-refractivity contribution in [3.8, 4) is 0 Å². The third kappa shape index (κ3) is 5.44. The minimum absolute atomic E-state index is 0.0394. The largest absolute Gasteiger partial charge is 0.469 e. The predicted octanol–water partition coefficient (Wildman–Crippen LogP) is 7.89. The molecule has 0 heterocycles. The minimum Gasteiger partial charge on any atom is -0.469 e. The molecule has 4 aliphatic rings. The van der Waals surface area contributed by atoms with Crippen LogP contribution in [-0.2, 0) is 19.1 Å². The number of hydrogen-bond donors (Lipinski definition) is 0. The minimum atomic E-state index is -0.354. The van der Waals surface area contributed by atoms with E-state index in [-0.39, 0.29) is 36.3 Å². The van der Waals surface area contributed by atoms with Crippen molar-refractivity contribution in [1.82, 2.24) is 0 Å². The zero-order valence-electron chi connectivity index (χ0n) is 23.9. The first-order valence-corrected chi connectivity index (χ1v) is 15.0. The molecule has 0 saturated heterocycles. The van der Waals surface area contributed by atoms with Crippen molar-refractivity contribution in [3.63, 3.8) is 0 Å². The molecule has 36 heavy (non-hydrogen) atoms. The number of methoxy groups -OCH3 is 1. The summed E-state index contributed by atoms with van der Waals surface area (Å²) in [7, 11) is 1.35. The standard InChI is InChI=1S/C32H52O4/c1-21(2)8-7-9-22(3)26-12-13-27-25-11-10-23-20-24(36-30(34)15-14-29(33)35-6)16-18-31(23,4)28(25)17-19-32(26,27)5/h10,21-22,24-28H,7-9,11-20H2,1-6H3/t22-,24?,25?,26-,27?,28?,31+,32-/m1/s1. The van der Waals surface area contributed by atoms with Gasteiger partial charge in [-0.25, -0.2) is 0 Å². The Morgan fingerprint density at radius 1 is 0.972 bits per heavy atom. The van der Waals surface area contributed by atoms with E-state index in [1.807, 2.05) is 0 Å². The van der Waals surface area contributed by atoms with Crippen molar-refractivity contribution in [2.45, 2.75) is 124 Å². The predicted molar refractivity (Wildman–Crippen MR) is 144 cm³/mol. The van der Waals surface area contributed by atoms with Gasteiger partial charge in [0.15, 0.2) is 0 Å². The highest BCUT2D eigenvalue weighted by Crippen LogP contribution is 2.67. The lowest BCUT2D eigenvalue weighted by molar-refractivity contribution is -0.154. The fourth-order valence-corrected chi connectivity index (χ4v) is 9.30. The third-order valence-electron chi connectivity index (χ3n) is 11.3. The molecule has 0 amide bonds. The Balaban J connectivity index is 1.38. The Kier molecular flexibility index (Phi) is 8.62. The van der Waals surface area contributed by atoms with Crippen LogP contribution in [0.1, 0.15) is 118 Å². The lowest BCUT2D eigenvalue weighted by atomic mass is 9.47. The summed E-state index contributed by atoms with van der Waals surface area (Å²) < 4.78 is 10.5. The van der Waals surface area contributed by atoms with E-state index in [4.69, 9.17) is 4.74 Å². The quantitative estimate of drug-likeness (QED) is 0.238. The highest BCUT2D eigenvalue weighted by atomic mass is 16.5. The molecule has 0 aromatic heterocycles. The van der Waals surface area contributed by atoms with E-state index < -0.39 is 0 Å². The zero-order valence-corrected chi connectivity index (χ0v) is 23.9. The first kappa shape index (κ1) is 27.7. The summed E-state index contributed by atoms with van der Waals surface area (Å²) in [5, 5.41) is 0. The molecule has 8 atom stereocenters.